The average molecular weight is 657 g/mol. The van der Waals surface area contributed by atoms with E-state index in [9.17, 15) is 22.4 Å². The van der Waals surface area contributed by atoms with E-state index in [1.807, 2.05) is 44.2 Å². The van der Waals surface area contributed by atoms with Gasteiger partial charge in [-0.15, -0.1) is 0 Å². The lowest BCUT2D eigenvalue weighted by Gasteiger charge is -2.34. The molecule has 4 rings (SSSR count). The van der Waals surface area contributed by atoms with Crippen molar-refractivity contribution in [2.45, 2.75) is 43.8 Å². The number of rotatable bonds is 12. The third-order valence-electron chi connectivity index (χ3n) is 6.78. The molecule has 1 atom stereocenters. The molecule has 7 nitrogen and oxygen atoms in total. The predicted molar refractivity (Wildman–Crippen MR) is 172 cm³/mol. The molecule has 44 heavy (non-hydrogen) atoms. The van der Waals surface area contributed by atoms with Crippen LogP contribution in [0.15, 0.2) is 108 Å². The molecule has 0 saturated heterocycles. The van der Waals surface area contributed by atoms with Crippen LogP contribution in [0.3, 0.4) is 0 Å². The average Bonchev–Trinajstić information content (AvgIpc) is 2.99. The van der Waals surface area contributed by atoms with Crippen LogP contribution in [0.1, 0.15) is 25.0 Å². The van der Waals surface area contributed by atoms with E-state index >= 15 is 0 Å². The van der Waals surface area contributed by atoms with Gasteiger partial charge in [0, 0.05) is 29.1 Å². The summed E-state index contributed by atoms with van der Waals surface area (Å²) in [6.45, 7) is 2.83. The number of hydrogen-bond donors (Lipinski definition) is 1. The van der Waals surface area contributed by atoms with Gasteiger partial charge >= 0.3 is 0 Å². The molecule has 0 radical (unpaired) electrons. The Morgan fingerprint density at radius 1 is 0.864 bits per heavy atom. The molecule has 0 aliphatic rings. The molecule has 1 unspecified atom stereocenters. The lowest BCUT2D eigenvalue weighted by molar-refractivity contribution is -0.140. The number of benzene rings is 4. The summed E-state index contributed by atoms with van der Waals surface area (Å²) in [6, 6.07) is 25.2. The predicted octanol–water partition coefficient (Wildman–Crippen LogP) is 6.49. The van der Waals surface area contributed by atoms with Crippen molar-refractivity contribution in [1.82, 2.24) is 10.2 Å². The van der Waals surface area contributed by atoms with Gasteiger partial charge in [-0.05, 0) is 73.5 Å². The number of hydrogen-bond acceptors (Lipinski definition) is 4. The van der Waals surface area contributed by atoms with Gasteiger partial charge in [0.25, 0.3) is 10.0 Å². The van der Waals surface area contributed by atoms with Gasteiger partial charge in [-0.3, -0.25) is 13.9 Å². The van der Waals surface area contributed by atoms with Crippen LogP contribution in [0.5, 0.6) is 0 Å². The summed E-state index contributed by atoms with van der Waals surface area (Å²) in [5, 5.41) is 3.57. The second-order valence-electron chi connectivity index (χ2n) is 10.4. The molecule has 11 heteroatoms. The van der Waals surface area contributed by atoms with Gasteiger partial charge in [-0.2, -0.15) is 0 Å². The van der Waals surface area contributed by atoms with Gasteiger partial charge in [0.05, 0.1) is 10.6 Å². The number of sulfonamides is 1. The van der Waals surface area contributed by atoms with Crippen molar-refractivity contribution < 1.29 is 22.4 Å². The van der Waals surface area contributed by atoms with E-state index in [0.717, 1.165) is 22.0 Å². The van der Waals surface area contributed by atoms with E-state index in [1.54, 1.807) is 30.3 Å². The van der Waals surface area contributed by atoms with Crippen LogP contribution < -0.4 is 9.62 Å². The van der Waals surface area contributed by atoms with Crippen LogP contribution >= 0.6 is 23.2 Å². The Labute approximate surface area is 267 Å². The highest BCUT2D eigenvalue weighted by molar-refractivity contribution is 7.92. The second-order valence-corrected chi connectivity index (χ2v) is 13.1. The lowest BCUT2D eigenvalue weighted by atomic mass is 10.0. The molecule has 0 bridgehead atoms. The van der Waals surface area contributed by atoms with Crippen molar-refractivity contribution in [1.29, 1.82) is 0 Å². The summed E-state index contributed by atoms with van der Waals surface area (Å²) < 4.78 is 42.6. The topological polar surface area (TPSA) is 86.8 Å². The number of carbonyl (C=O) groups is 2. The fraction of sp³-hybridized carbons (Fsp3) is 0.212. The van der Waals surface area contributed by atoms with Crippen LogP contribution in [0.25, 0.3) is 0 Å². The minimum atomic E-state index is -4.29. The third kappa shape index (κ3) is 8.37. The Morgan fingerprint density at radius 3 is 2.07 bits per heavy atom. The first kappa shape index (κ1) is 33.0. The molecule has 0 saturated carbocycles. The zero-order valence-corrected chi connectivity index (χ0v) is 26.5. The summed E-state index contributed by atoms with van der Waals surface area (Å²) in [6.07, 6.45) is 0.151. The Kier molecular flexibility index (Phi) is 11.0. The van der Waals surface area contributed by atoms with Crippen LogP contribution in [0.2, 0.25) is 10.0 Å². The lowest BCUT2D eigenvalue weighted by Crippen LogP contribution is -2.54. The summed E-state index contributed by atoms with van der Waals surface area (Å²) in [4.78, 5) is 29.4. The van der Waals surface area contributed by atoms with Crippen molar-refractivity contribution in [3.8, 4) is 0 Å². The highest BCUT2D eigenvalue weighted by atomic mass is 35.5. The normalized spacial score (nSPS) is 12.0. The molecule has 0 spiro atoms. The van der Waals surface area contributed by atoms with Crippen LogP contribution in [-0.4, -0.2) is 43.8 Å². The van der Waals surface area contributed by atoms with E-state index in [0.29, 0.717) is 10.6 Å². The van der Waals surface area contributed by atoms with E-state index < -0.39 is 40.2 Å². The molecule has 1 N–H and O–H groups in total. The van der Waals surface area contributed by atoms with Crippen LogP contribution in [0, 0.1) is 5.82 Å². The molecule has 230 valence electrons. The second kappa shape index (κ2) is 14.7. The minimum absolute atomic E-state index is 0.0530. The van der Waals surface area contributed by atoms with Gasteiger partial charge in [0.15, 0.2) is 0 Å². The Morgan fingerprint density at radius 2 is 1.48 bits per heavy atom. The first-order chi connectivity index (χ1) is 21.0. The SMILES string of the molecule is CC(C)NC(=O)C(Cc1ccccc1)N(Cc1ccc(Cl)cc1Cl)C(=O)CN(c1ccc(F)cc1)S(=O)(=O)c1ccccc1. The van der Waals surface area contributed by atoms with Crippen molar-refractivity contribution in [2.24, 2.45) is 0 Å². The van der Waals surface area contributed by atoms with Crippen molar-refractivity contribution in [2.75, 3.05) is 10.8 Å². The van der Waals surface area contributed by atoms with Gasteiger partial charge < -0.3 is 10.2 Å². The van der Waals surface area contributed by atoms with Crippen molar-refractivity contribution >= 4 is 50.7 Å². The highest BCUT2D eigenvalue weighted by Gasteiger charge is 2.35. The first-order valence-electron chi connectivity index (χ1n) is 13.9. The maximum absolute atomic E-state index is 14.4. The number of carbonyl (C=O) groups excluding carboxylic acids is 2. The number of anilines is 1. The molecule has 0 fully saturated rings. The number of nitrogens with one attached hydrogen (secondary N) is 1. The van der Waals surface area contributed by atoms with Crippen LogP contribution in [-0.2, 0) is 32.6 Å². The van der Waals surface area contributed by atoms with Gasteiger partial charge in [0.2, 0.25) is 11.8 Å². The summed E-state index contributed by atoms with van der Waals surface area (Å²) in [5.41, 5.74) is 1.39. The monoisotopic (exact) mass is 655 g/mol. The zero-order valence-electron chi connectivity index (χ0n) is 24.2. The molecule has 0 aliphatic carbocycles. The first-order valence-corrected chi connectivity index (χ1v) is 16.1. The van der Waals surface area contributed by atoms with E-state index in [-0.39, 0.29) is 34.6 Å². The Bertz CT molecular complexity index is 1690. The minimum Gasteiger partial charge on any atom is -0.352 e. The van der Waals surface area contributed by atoms with E-state index in [2.05, 4.69) is 5.32 Å². The molecule has 0 heterocycles. The third-order valence-corrected chi connectivity index (χ3v) is 9.16. The Hall–Kier alpha value is -3.92. The summed E-state index contributed by atoms with van der Waals surface area (Å²) in [7, 11) is -4.29. The van der Waals surface area contributed by atoms with E-state index in [1.165, 1.54) is 35.2 Å². The number of halogens is 3. The van der Waals surface area contributed by atoms with Crippen molar-refractivity contribution in [3.63, 3.8) is 0 Å². The van der Waals surface area contributed by atoms with Gasteiger partial charge in [-0.1, -0.05) is 77.8 Å². The largest absolute Gasteiger partial charge is 0.352 e. The van der Waals surface area contributed by atoms with Crippen LogP contribution in [0.4, 0.5) is 10.1 Å². The molecule has 4 aromatic carbocycles. The summed E-state index contributed by atoms with van der Waals surface area (Å²) in [5.74, 6) is -1.65. The molecular formula is C33H32Cl2FN3O4S. The smallest absolute Gasteiger partial charge is 0.264 e. The van der Waals surface area contributed by atoms with Crippen molar-refractivity contribution in [3.05, 3.63) is 130 Å². The zero-order chi connectivity index (χ0) is 31.9. The molecule has 2 amide bonds. The molecule has 0 aliphatic heterocycles. The van der Waals surface area contributed by atoms with Gasteiger partial charge in [-0.25, -0.2) is 12.8 Å². The van der Waals surface area contributed by atoms with E-state index in [4.69, 9.17) is 23.2 Å². The maximum atomic E-state index is 14.4. The fourth-order valence-electron chi connectivity index (χ4n) is 4.62. The molecule has 4 aromatic rings. The molecule has 0 aromatic heterocycles. The number of nitrogens with zero attached hydrogens (tertiary/aromatic N) is 2. The summed E-state index contributed by atoms with van der Waals surface area (Å²) >= 11 is 12.6. The molecular weight excluding hydrogens is 624 g/mol. The van der Waals surface area contributed by atoms with Gasteiger partial charge in [0.1, 0.15) is 18.4 Å². The highest BCUT2D eigenvalue weighted by Crippen LogP contribution is 2.27. The fourth-order valence-corrected chi connectivity index (χ4v) is 6.53. The number of amides is 2. The quantitative estimate of drug-likeness (QED) is 0.189. The maximum Gasteiger partial charge on any atom is 0.264 e. The standard InChI is InChI=1S/C33H32Cl2FN3O4S/c1-23(2)37-33(41)31(19-24-9-5-3-6-10-24)38(21-25-13-14-26(34)20-30(25)35)32(40)22-39(28-17-15-27(36)16-18-28)44(42,43)29-11-7-4-8-12-29/h3-18,20,23,31H,19,21-22H2,1-2H3,(H,37,41). The Balaban J connectivity index is 1.81.